The third-order valence-corrected chi connectivity index (χ3v) is 2.55. The van der Waals surface area contributed by atoms with Gasteiger partial charge in [-0.15, -0.1) is 0 Å². The first-order valence-electron chi connectivity index (χ1n) is 6.06. The van der Waals surface area contributed by atoms with Gasteiger partial charge >= 0.3 is 5.97 Å². The van der Waals surface area contributed by atoms with Crippen molar-refractivity contribution in [2.45, 2.75) is 13.3 Å². The Morgan fingerprint density at radius 1 is 1.16 bits per heavy atom. The first-order valence-corrected chi connectivity index (χ1v) is 6.06. The van der Waals surface area contributed by atoms with E-state index in [1.54, 1.807) is 18.2 Å². The summed E-state index contributed by atoms with van der Waals surface area (Å²) < 4.78 is 0. The average molecular weight is 254 g/mol. The third-order valence-electron chi connectivity index (χ3n) is 2.55. The smallest absolute Gasteiger partial charge is 0.311 e. The summed E-state index contributed by atoms with van der Waals surface area (Å²) in [7, 11) is 0. The highest BCUT2D eigenvalue weighted by atomic mass is 16.7. The summed E-state index contributed by atoms with van der Waals surface area (Å²) in [4.78, 5) is 20.5. The number of aromatic nitrogens is 1. The largest absolute Gasteiger partial charge is 0.383 e. The van der Waals surface area contributed by atoms with E-state index in [1.807, 2.05) is 37.3 Å². The van der Waals surface area contributed by atoms with E-state index in [4.69, 9.17) is 4.84 Å². The fourth-order valence-electron chi connectivity index (χ4n) is 1.58. The molecule has 0 radical (unpaired) electrons. The number of carbonyl (C=O) groups excluding carboxylic acids is 1. The molecular weight excluding hydrogens is 240 g/mol. The summed E-state index contributed by atoms with van der Waals surface area (Å²) in [6.45, 7) is 1.96. The standard InChI is InChI=1S/C15H14N2O2/c1-2-13(12-8-4-3-5-9-12)17-19-15(18)14-10-6-7-11-16-14/h3-11H,2H2,1H3. The summed E-state index contributed by atoms with van der Waals surface area (Å²) in [6, 6.07) is 14.7. The lowest BCUT2D eigenvalue weighted by Crippen LogP contribution is -2.06. The summed E-state index contributed by atoms with van der Waals surface area (Å²) >= 11 is 0. The predicted molar refractivity (Wildman–Crippen MR) is 72.9 cm³/mol. The first kappa shape index (κ1) is 13.0. The highest BCUT2D eigenvalue weighted by Crippen LogP contribution is 2.06. The molecule has 2 rings (SSSR count). The van der Waals surface area contributed by atoms with E-state index >= 15 is 0 Å². The van der Waals surface area contributed by atoms with Gasteiger partial charge in [0, 0.05) is 6.20 Å². The maximum absolute atomic E-state index is 11.7. The van der Waals surface area contributed by atoms with Gasteiger partial charge < -0.3 is 4.84 Å². The van der Waals surface area contributed by atoms with Crippen molar-refractivity contribution >= 4 is 11.7 Å². The fraction of sp³-hybridized carbons (Fsp3) is 0.133. The minimum absolute atomic E-state index is 0.245. The van der Waals surface area contributed by atoms with E-state index in [9.17, 15) is 4.79 Å². The summed E-state index contributed by atoms with van der Waals surface area (Å²) in [5.41, 5.74) is 1.92. The van der Waals surface area contributed by atoms with Crippen LogP contribution in [0.25, 0.3) is 0 Å². The number of oxime groups is 1. The maximum atomic E-state index is 11.7. The molecule has 0 atom stereocenters. The Bertz CT molecular complexity index is 565. The van der Waals surface area contributed by atoms with Gasteiger partial charge in [0.05, 0.1) is 5.71 Å². The number of pyridine rings is 1. The number of carbonyl (C=O) groups is 1. The second kappa shape index (κ2) is 6.44. The van der Waals surface area contributed by atoms with E-state index < -0.39 is 5.97 Å². The Hall–Kier alpha value is -2.49. The molecule has 0 bridgehead atoms. The number of benzene rings is 1. The van der Waals surface area contributed by atoms with E-state index in [1.165, 1.54) is 6.20 Å². The molecule has 2 aromatic rings. The molecule has 0 unspecified atom stereocenters. The zero-order valence-corrected chi connectivity index (χ0v) is 10.6. The number of hydrogen-bond acceptors (Lipinski definition) is 4. The van der Waals surface area contributed by atoms with Gasteiger partial charge in [-0.3, -0.25) is 0 Å². The molecule has 0 saturated heterocycles. The monoisotopic (exact) mass is 254 g/mol. The fourth-order valence-corrected chi connectivity index (χ4v) is 1.58. The van der Waals surface area contributed by atoms with E-state index in [0.717, 1.165) is 11.3 Å². The van der Waals surface area contributed by atoms with Gasteiger partial charge in [0.25, 0.3) is 0 Å². The van der Waals surface area contributed by atoms with Crippen molar-refractivity contribution in [2.24, 2.45) is 5.16 Å². The van der Waals surface area contributed by atoms with Gasteiger partial charge in [-0.25, -0.2) is 9.78 Å². The van der Waals surface area contributed by atoms with Crippen LogP contribution in [0.1, 0.15) is 29.4 Å². The summed E-state index contributed by atoms with van der Waals surface area (Å²) in [6.07, 6.45) is 2.22. The number of rotatable bonds is 4. The topological polar surface area (TPSA) is 51.5 Å². The molecule has 0 N–H and O–H groups in total. The summed E-state index contributed by atoms with van der Waals surface area (Å²) in [5, 5.41) is 3.92. The second-order valence-electron chi connectivity index (χ2n) is 3.85. The molecule has 19 heavy (non-hydrogen) atoms. The Kier molecular flexibility index (Phi) is 4.39. The molecule has 1 aromatic heterocycles. The Balaban J connectivity index is 2.11. The minimum atomic E-state index is -0.553. The highest BCUT2D eigenvalue weighted by Gasteiger charge is 2.09. The van der Waals surface area contributed by atoms with Gasteiger partial charge in [0.2, 0.25) is 0 Å². The molecule has 4 nitrogen and oxygen atoms in total. The Morgan fingerprint density at radius 3 is 2.53 bits per heavy atom. The normalized spacial score (nSPS) is 11.1. The molecule has 4 heteroatoms. The molecule has 0 aliphatic rings. The van der Waals surface area contributed by atoms with Crippen molar-refractivity contribution in [1.82, 2.24) is 4.98 Å². The van der Waals surface area contributed by atoms with Crippen LogP contribution in [0.4, 0.5) is 0 Å². The Morgan fingerprint density at radius 2 is 1.89 bits per heavy atom. The van der Waals surface area contributed by atoms with Gasteiger partial charge in [-0.2, -0.15) is 0 Å². The van der Waals surface area contributed by atoms with Crippen LogP contribution in [-0.2, 0) is 4.84 Å². The molecule has 1 heterocycles. The SMILES string of the molecule is CCC(=NOC(=O)c1ccccn1)c1ccccc1. The third kappa shape index (κ3) is 3.48. The Labute approximate surface area is 111 Å². The van der Waals surface area contributed by atoms with Gasteiger partial charge in [-0.1, -0.05) is 48.5 Å². The molecule has 0 amide bonds. The zero-order chi connectivity index (χ0) is 13.5. The van der Waals surface area contributed by atoms with Gasteiger partial charge in [0.1, 0.15) is 0 Å². The molecular formula is C15H14N2O2. The molecule has 0 fully saturated rings. The van der Waals surface area contributed by atoms with Crippen molar-refractivity contribution in [2.75, 3.05) is 0 Å². The average Bonchev–Trinajstić information content (AvgIpc) is 2.49. The van der Waals surface area contributed by atoms with Crippen LogP contribution >= 0.6 is 0 Å². The quantitative estimate of drug-likeness (QED) is 0.478. The van der Waals surface area contributed by atoms with Crippen molar-refractivity contribution in [3.63, 3.8) is 0 Å². The van der Waals surface area contributed by atoms with Crippen molar-refractivity contribution < 1.29 is 9.63 Å². The van der Waals surface area contributed by atoms with Crippen LogP contribution in [0.2, 0.25) is 0 Å². The lowest BCUT2D eigenvalue weighted by atomic mass is 10.1. The number of hydrogen-bond donors (Lipinski definition) is 0. The van der Waals surface area contributed by atoms with E-state index in [2.05, 4.69) is 10.1 Å². The molecule has 96 valence electrons. The summed E-state index contributed by atoms with van der Waals surface area (Å²) in [5.74, 6) is -0.553. The molecule has 0 aliphatic heterocycles. The predicted octanol–water partition coefficient (Wildman–Crippen LogP) is 3.05. The zero-order valence-electron chi connectivity index (χ0n) is 10.6. The second-order valence-corrected chi connectivity index (χ2v) is 3.85. The lowest BCUT2D eigenvalue weighted by molar-refractivity contribution is 0.0509. The minimum Gasteiger partial charge on any atom is -0.311 e. The van der Waals surface area contributed by atoms with Crippen LogP contribution in [0.5, 0.6) is 0 Å². The van der Waals surface area contributed by atoms with Crippen LogP contribution in [0, 0.1) is 0 Å². The van der Waals surface area contributed by atoms with E-state index in [-0.39, 0.29) is 5.69 Å². The maximum Gasteiger partial charge on any atom is 0.383 e. The molecule has 0 saturated carbocycles. The van der Waals surface area contributed by atoms with Crippen LogP contribution < -0.4 is 0 Å². The van der Waals surface area contributed by atoms with Crippen molar-refractivity contribution in [3.8, 4) is 0 Å². The molecule has 1 aromatic carbocycles. The van der Waals surface area contributed by atoms with Crippen molar-refractivity contribution in [3.05, 3.63) is 66.0 Å². The molecule has 0 spiro atoms. The van der Waals surface area contributed by atoms with Crippen LogP contribution in [-0.4, -0.2) is 16.7 Å². The van der Waals surface area contributed by atoms with Crippen molar-refractivity contribution in [1.29, 1.82) is 0 Å². The van der Waals surface area contributed by atoms with Gasteiger partial charge in [-0.05, 0) is 24.1 Å². The number of nitrogens with zero attached hydrogens (tertiary/aromatic N) is 2. The van der Waals surface area contributed by atoms with E-state index in [0.29, 0.717) is 6.42 Å². The van der Waals surface area contributed by atoms with Gasteiger partial charge in [0.15, 0.2) is 5.69 Å². The van der Waals surface area contributed by atoms with Crippen LogP contribution in [0.3, 0.4) is 0 Å². The van der Waals surface area contributed by atoms with Crippen LogP contribution in [0.15, 0.2) is 59.9 Å². The highest BCUT2D eigenvalue weighted by molar-refractivity contribution is 6.00. The lowest BCUT2D eigenvalue weighted by Gasteiger charge is -2.03. The first-order chi connectivity index (χ1) is 9.31. The molecule has 0 aliphatic carbocycles.